The van der Waals surface area contributed by atoms with E-state index in [0.717, 1.165) is 25.2 Å². The fourth-order valence-electron chi connectivity index (χ4n) is 2.74. The first-order valence-corrected chi connectivity index (χ1v) is 7.06. The zero-order chi connectivity index (χ0) is 13.9. The third-order valence-corrected chi connectivity index (χ3v) is 3.75. The summed E-state index contributed by atoms with van der Waals surface area (Å²) in [5.41, 5.74) is 1.78. The van der Waals surface area contributed by atoms with Gasteiger partial charge in [-0.1, -0.05) is 30.3 Å². The molecule has 0 amide bonds. The van der Waals surface area contributed by atoms with Crippen LogP contribution in [0.4, 0.5) is 0 Å². The molecule has 20 heavy (non-hydrogen) atoms. The molecule has 2 aromatic rings. The van der Waals surface area contributed by atoms with Crippen LogP contribution in [0, 0.1) is 0 Å². The lowest BCUT2D eigenvalue weighted by molar-refractivity contribution is 0.0520. The van der Waals surface area contributed by atoms with Crippen LogP contribution < -0.4 is 0 Å². The predicted octanol–water partition coefficient (Wildman–Crippen LogP) is 2.79. The Balaban J connectivity index is 1.80. The molecule has 0 saturated heterocycles. The molecule has 3 rings (SSSR count). The maximum absolute atomic E-state index is 11.7. The number of nitrogens with zero attached hydrogens (tertiary/aromatic N) is 2. The minimum Gasteiger partial charge on any atom is -0.461 e. The van der Waals surface area contributed by atoms with Gasteiger partial charge in [-0.15, -0.1) is 0 Å². The number of carbonyl (C=O) groups excluding carboxylic acids is 1. The van der Waals surface area contributed by atoms with Crippen LogP contribution in [0.25, 0.3) is 0 Å². The topological polar surface area (TPSA) is 44.1 Å². The number of rotatable bonds is 3. The van der Waals surface area contributed by atoms with Gasteiger partial charge in [0.2, 0.25) is 0 Å². The second-order valence-electron chi connectivity index (χ2n) is 5.06. The summed E-state index contributed by atoms with van der Waals surface area (Å²) in [5, 5.41) is 0. The lowest BCUT2D eigenvalue weighted by Gasteiger charge is -2.23. The summed E-state index contributed by atoms with van der Waals surface area (Å²) in [6.07, 6.45) is 3.80. The Morgan fingerprint density at radius 2 is 2.20 bits per heavy atom. The second kappa shape index (κ2) is 5.49. The van der Waals surface area contributed by atoms with E-state index in [2.05, 4.69) is 33.8 Å². The quantitative estimate of drug-likeness (QED) is 0.806. The van der Waals surface area contributed by atoms with E-state index in [9.17, 15) is 4.79 Å². The Morgan fingerprint density at radius 1 is 1.40 bits per heavy atom. The maximum Gasteiger partial charge on any atom is 0.358 e. The van der Waals surface area contributed by atoms with Gasteiger partial charge in [-0.25, -0.2) is 9.78 Å². The largest absolute Gasteiger partial charge is 0.461 e. The van der Waals surface area contributed by atoms with E-state index < -0.39 is 0 Å². The second-order valence-corrected chi connectivity index (χ2v) is 5.06. The zero-order valence-electron chi connectivity index (χ0n) is 11.6. The van der Waals surface area contributed by atoms with E-state index in [1.54, 1.807) is 6.92 Å². The average molecular weight is 270 g/mol. The summed E-state index contributed by atoms with van der Waals surface area (Å²) in [5.74, 6) is 1.15. The monoisotopic (exact) mass is 270 g/mol. The number of carbonyl (C=O) groups is 1. The van der Waals surface area contributed by atoms with Crippen molar-refractivity contribution < 1.29 is 9.53 Å². The molecule has 1 atom stereocenters. The number of ether oxygens (including phenoxy) is 1. The number of imidazole rings is 1. The van der Waals surface area contributed by atoms with Crippen molar-refractivity contribution in [3.63, 3.8) is 0 Å². The number of esters is 1. The molecule has 0 fully saturated rings. The summed E-state index contributed by atoms with van der Waals surface area (Å²) < 4.78 is 7.09. The van der Waals surface area contributed by atoms with Crippen LogP contribution in [0.15, 0.2) is 36.5 Å². The molecule has 4 heteroatoms. The molecule has 1 aliphatic rings. The summed E-state index contributed by atoms with van der Waals surface area (Å²) in [6, 6.07) is 10.5. The fourth-order valence-corrected chi connectivity index (χ4v) is 2.74. The molecule has 0 spiro atoms. The molecule has 0 N–H and O–H groups in total. The van der Waals surface area contributed by atoms with Crippen LogP contribution in [-0.4, -0.2) is 22.1 Å². The van der Waals surface area contributed by atoms with Crippen molar-refractivity contribution in [2.24, 2.45) is 0 Å². The lowest BCUT2D eigenvalue weighted by atomic mass is 9.92. The van der Waals surface area contributed by atoms with Gasteiger partial charge in [-0.2, -0.15) is 0 Å². The summed E-state index contributed by atoms with van der Waals surface area (Å²) in [6.45, 7) is 3.07. The highest BCUT2D eigenvalue weighted by Crippen LogP contribution is 2.28. The molecule has 1 aromatic heterocycles. The smallest absolute Gasteiger partial charge is 0.358 e. The van der Waals surface area contributed by atoms with E-state index in [0.29, 0.717) is 18.2 Å². The zero-order valence-corrected chi connectivity index (χ0v) is 11.6. The molecule has 0 aliphatic carbocycles. The van der Waals surface area contributed by atoms with Crippen LogP contribution in [-0.2, 0) is 17.7 Å². The van der Waals surface area contributed by atoms with Crippen molar-refractivity contribution in [2.75, 3.05) is 6.61 Å². The summed E-state index contributed by atoms with van der Waals surface area (Å²) in [4.78, 5) is 16.1. The fraction of sp³-hybridized carbons (Fsp3) is 0.375. The minimum atomic E-state index is -0.328. The highest BCUT2D eigenvalue weighted by Gasteiger charge is 2.23. The molecule has 104 valence electrons. The molecule has 1 aromatic carbocycles. The predicted molar refractivity (Wildman–Crippen MR) is 75.7 cm³/mol. The Hall–Kier alpha value is -2.10. The first-order valence-electron chi connectivity index (χ1n) is 7.06. The first-order chi connectivity index (χ1) is 9.78. The Labute approximate surface area is 118 Å². The average Bonchev–Trinajstić information content (AvgIpc) is 2.91. The normalized spacial score (nSPS) is 17.6. The molecule has 0 radical (unpaired) electrons. The molecule has 2 heterocycles. The number of fused-ring (bicyclic) bond motifs is 1. The van der Waals surface area contributed by atoms with Crippen molar-refractivity contribution in [3.8, 4) is 0 Å². The number of aryl methyl sites for hydroxylation is 1. The van der Waals surface area contributed by atoms with E-state index in [-0.39, 0.29) is 5.97 Å². The maximum atomic E-state index is 11.7. The van der Waals surface area contributed by atoms with Crippen LogP contribution in [0.5, 0.6) is 0 Å². The van der Waals surface area contributed by atoms with Crippen LogP contribution in [0.1, 0.15) is 41.1 Å². The van der Waals surface area contributed by atoms with Gasteiger partial charge in [-0.05, 0) is 18.9 Å². The Bertz CT molecular complexity index is 604. The SMILES string of the molecule is CCOC(=O)c1cn2c(n1)CCC(c1ccccc1)C2. The van der Waals surface area contributed by atoms with Crippen molar-refractivity contribution in [1.82, 2.24) is 9.55 Å². The third kappa shape index (κ3) is 2.46. The first kappa shape index (κ1) is 12.9. The van der Waals surface area contributed by atoms with Gasteiger partial charge in [0.05, 0.1) is 6.61 Å². The molecule has 4 nitrogen and oxygen atoms in total. The highest BCUT2D eigenvalue weighted by atomic mass is 16.5. The van der Waals surface area contributed by atoms with Crippen LogP contribution in [0.3, 0.4) is 0 Å². The molecular formula is C16H18N2O2. The van der Waals surface area contributed by atoms with Gasteiger partial charge in [-0.3, -0.25) is 0 Å². The van der Waals surface area contributed by atoms with Gasteiger partial charge in [0.1, 0.15) is 5.82 Å². The Morgan fingerprint density at radius 3 is 2.95 bits per heavy atom. The van der Waals surface area contributed by atoms with Crippen LogP contribution in [0.2, 0.25) is 0 Å². The van der Waals surface area contributed by atoms with Crippen molar-refractivity contribution in [2.45, 2.75) is 32.2 Å². The van der Waals surface area contributed by atoms with Crippen molar-refractivity contribution in [1.29, 1.82) is 0 Å². The molecular weight excluding hydrogens is 252 g/mol. The molecule has 0 saturated carbocycles. The Kier molecular flexibility index (Phi) is 3.54. The molecule has 1 unspecified atom stereocenters. The summed E-state index contributed by atoms with van der Waals surface area (Å²) in [7, 11) is 0. The highest BCUT2D eigenvalue weighted by molar-refractivity contribution is 5.87. The van der Waals surface area contributed by atoms with Gasteiger partial charge in [0.25, 0.3) is 0 Å². The minimum absolute atomic E-state index is 0.328. The number of aromatic nitrogens is 2. The lowest BCUT2D eigenvalue weighted by Crippen LogP contribution is -2.18. The van der Waals surface area contributed by atoms with E-state index >= 15 is 0 Å². The van der Waals surface area contributed by atoms with E-state index in [4.69, 9.17) is 4.74 Å². The van der Waals surface area contributed by atoms with Gasteiger partial charge >= 0.3 is 5.97 Å². The van der Waals surface area contributed by atoms with Gasteiger partial charge < -0.3 is 9.30 Å². The number of benzene rings is 1. The summed E-state index contributed by atoms with van der Waals surface area (Å²) >= 11 is 0. The van der Waals surface area contributed by atoms with Gasteiger partial charge in [0.15, 0.2) is 5.69 Å². The molecule has 1 aliphatic heterocycles. The van der Waals surface area contributed by atoms with Crippen LogP contribution >= 0.6 is 0 Å². The van der Waals surface area contributed by atoms with E-state index in [1.807, 2.05) is 12.3 Å². The number of hydrogen-bond acceptors (Lipinski definition) is 3. The number of hydrogen-bond donors (Lipinski definition) is 0. The van der Waals surface area contributed by atoms with Crippen molar-refractivity contribution >= 4 is 5.97 Å². The van der Waals surface area contributed by atoms with Crippen molar-refractivity contribution in [3.05, 3.63) is 53.6 Å². The van der Waals surface area contributed by atoms with E-state index in [1.165, 1.54) is 5.56 Å². The van der Waals surface area contributed by atoms with Gasteiger partial charge in [0, 0.05) is 25.1 Å². The standard InChI is InChI=1S/C16H18N2O2/c1-2-20-16(19)14-11-18-10-13(8-9-15(18)17-14)12-6-4-3-5-7-12/h3-7,11,13H,2,8-10H2,1H3. The molecule has 0 bridgehead atoms. The third-order valence-electron chi connectivity index (χ3n) is 3.75.